The number of benzene rings is 2. The lowest BCUT2D eigenvalue weighted by atomic mass is 10.1. The maximum absolute atomic E-state index is 12.2. The van der Waals surface area contributed by atoms with Crippen LogP contribution in [0.2, 0.25) is 0 Å². The first kappa shape index (κ1) is 15.7. The topological polar surface area (TPSA) is 67.8 Å². The monoisotopic (exact) mass is 301 g/mol. The number of phenols is 1. The molecule has 2 aromatic rings. The third-order valence-electron chi connectivity index (χ3n) is 3.33. The summed E-state index contributed by atoms with van der Waals surface area (Å²) in [7, 11) is 3.13. The third kappa shape index (κ3) is 3.69. The summed E-state index contributed by atoms with van der Waals surface area (Å²) in [4.78, 5) is 12.2. The summed E-state index contributed by atoms with van der Waals surface area (Å²) in [5.74, 6) is 1.30. The van der Waals surface area contributed by atoms with Gasteiger partial charge in [-0.2, -0.15) is 0 Å². The van der Waals surface area contributed by atoms with E-state index in [-0.39, 0.29) is 18.1 Å². The van der Waals surface area contributed by atoms with Crippen LogP contribution < -0.4 is 14.8 Å². The number of hydrogen-bond acceptors (Lipinski definition) is 4. The third-order valence-corrected chi connectivity index (χ3v) is 3.33. The Morgan fingerprint density at radius 3 is 2.55 bits per heavy atom. The highest BCUT2D eigenvalue weighted by Gasteiger charge is 2.11. The first-order valence-electron chi connectivity index (χ1n) is 6.84. The van der Waals surface area contributed by atoms with Crippen molar-refractivity contribution in [3.8, 4) is 17.2 Å². The van der Waals surface area contributed by atoms with Crippen LogP contribution in [0.3, 0.4) is 0 Å². The molecule has 0 heterocycles. The van der Waals surface area contributed by atoms with E-state index in [2.05, 4.69) is 5.32 Å². The molecule has 0 saturated heterocycles. The van der Waals surface area contributed by atoms with Crippen LogP contribution in [-0.4, -0.2) is 25.2 Å². The van der Waals surface area contributed by atoms with Crippen LogP contribution in [0.25, 0.3) is 0 Å². The Bertz CT molecular complexity index is 682. The molecule has 0 aliphatic carbocycles. The van der Waals surface area contributed by atoms with Gasteiger partial charge in [0.1, 0.15) is 17.2 Å². The number of carbonyl (C=O) groups is 1. The van der Waals surface area contributed by atoms with Crippen LogP contribution in [0.5, 0.6) is 17.2 Å². The molecule has 2 N–H and O–H groups in total. The fourth-order valence-corrected chi connectivity index (χ4v) is 2.15. The molecule has 2 aromatic carbocycles. The normalized spacial score (nSPS) is 10.1. The number of phenolic OH excluding ortho intramolecular Hbond substituents is 1. The highest BCUT2D eigenvalue weighted by atomic mass is 16.5. The summed E-state index contributed by atoms with van der Waals surface area (Å²) in [5.41, 5.74) is 2.25. The second kappa shape index (κ2) is 6.85. The van der Waals surface area contributed by atoms with E-state index in [4.69, 9.17) is 9.47 Å². The van der Waals surface area contributed by atoms with Crippen molar-refractivity contribution in [1.82, 2.24) is 0 Å². The molecule has 0 bridgehead atoms. The summed E-state index contributed by atoms with van der Waals surface area (Å²) in [6.07, 6.45) is 0.188. The van der Waals surface area contributed by atoms with Crippen LogP contribution in [0.15, 0.2) is 36.4 Å². The molecule has 116 valence electrons. The fourth-order valence-electron chi connectivity index (χ4n) is 2.15. The number of hydrogen-bond donors (Lipinski definition) is 2. The van der Waals surface area contributed by atoms with Gasteiger partial charge >= 0.3 is 0 Å². The smallest absolute Gasteiger partial charge is 0.228 e. The van der Waals surface area contributed by atoms with Crippen molar-refractivity contribution in [3.63, 3.8) is 0 Å². The van der Waals surface area contributed by atoms with Gasteiger partial charge in [0.25, 0.3) is 0 Å². The number of amides is 1. The van der Waals surface area contributed by atoms with E-state index in [9.17, 15) is 9.90 Å². The zero-order valence-corrected chi connectivity index (χ0v) is 12.8. The van der Waals surface area contributed by atoms with Crippen molar-refractivity contribution in [2.45, 2.75) is 13.3 Å². The van der Waals surface area contributed by atoms with E-state index >= 15 is 0 Å². The maximum atomic E-state index is 12.2. The predicted molar refractivity (Wildman–Crippen MR) is 84.7 cm³/mol. The lowest BCUT2D eigenvalue weighted by Crippen LogP contribution is -2.15. The number of carbonyl (C=O) groups excluding carboxylic acids is 1. The first-order valence-corrected chi connectivity index (χ1v) is 6.84. The number of anilines is 1. The van der Waals surface area contributed by atoms with Crippen LogP contribution in [0.4, 0.5) is 5.69 Å². The van der Waals surface area contributed by atoms with Gasteiger partial charge in [-0.25, -0.2) is 0 Å². The molecule has 0 aliphatic rings. The minimum Gasteiger partial charge on any atom is -0.508 e. The van der Waals surface area contributed by atoms with Gasteiger partial charge in [0, 0.05) is 17.3 Å². The Hall–Kier alpha value is -2.69. The van der Waals surface area contributed by atoms with Gasteiger partial charge in [0.05, 0.1) is 20.6 Å². The molecule has 22 heavy (non-hydrogen) atoms. The van der Waals surface area contributed by atoms with E-state index in [1.54, 1.807) is 44.6 Å². The number of ether oxygens (including phenoxy) is 2. The first-order chi connectivity index (χ1) is 10.5. The van der Waals surface area contributed by atoms with Gasteiger partial charge in [0.2, 0.25) is 5.91 Å². The molecule has 5 heteroatoms. The maximum Gasteiger partial charge on any atom is 0.228 e. The van der Waals surface area contributed by atoms with Gasteiger partial charge in [-0.1, -0.05) is 6.07 Å². The van der Waals surface area contributed by atoms with Crippen molar-refractivity contribution in [2.24, 2.45) is 0 Å². The lowest BCUT2D eigenvalue weighted by Gasteiger charge is -2.12. The molecule has 0 fully saturated rings. The van der Waals surface area contributed by atoms with Gasteiger partial charge < -0.3 is 19.9 Å². The average molecular weight is 301 g/mol. The molecule has 5 nitrogen and oxygen atoms in total. The SMILES string of the molecule is COc1ccc(CC(=O)Nc2ccc(O)cc2C)c(OC)c1. The Labute approximate surface area is 129 Å². The Kier molecular flexibility index (Phi) is 4.88. The minimum absolute atomic E-state index is 0.155. The Morgan fingerprint density at radius 2 is 1.91 bits per heavy atom. The molecule has 0 aromatic heterocycles. The fraction of sp³-hybridized carbons (Fsp3) is 0.235. The summed E-state index contributed by atoms with van der Waals surface area (Å²) in [5, 5.41) is 12.2. The zero-order valence-electron chi connectivity index (χ0n) is 12.8. The molecule has 0 unspecified atom stereocenters. The molecule has 0 spiro atoms. The molecule has 0 atom stereocenters. The van der Waals surface area contributed by atoms with Crippen molar-refractivity contribution >= 4 is 11.6 Å². The predicted octanol–water partition coefficient (Wildman–Crippen LogP) is 2.90. The number of rotatable bonds is 5. The van der Waals surface area contributed by atoms with Crippen molar-refractivity contribution in [3.05, 3.63) is 47.5 Å². The van der Waals surface area contributed by atoms with E-state index in [0.29, 0.717) is 17.2 Å². The minimum atomic E-state index is -0.155. The highest BCUT2D eigenvalue weighted by molar-refractivity contribution is 5.93. The van der Waals surface area contributed by atoms with Gasteiger partial charge in [0.15, 0.2) is 0 Å². The van der Waals surface area contributed by atoms with Crippen LogP contribution in [-0.2, 0) is 11.2 Å². The van der Waals surface area contributed by atoms with Crippen molar-refractivity contribution < 1.29 is 19.4 Å². The zero-order chi connectivity index (χ0) is 16.1. The molecule has 0 radical (unpaired) electrons. The summed E-state index contributed by atoms with van der Waals surface area (Å²) in [6.45, 7) is 1.82. The number of nitrogens with one attached hydrogen (secondary N) is 1. The van der Waals surface area contributed by atoms with Gasteiger partial charge in [-0.05, 0) is 36.8 Å². The van der Waals surface area contributed by atoms with E-state index in [0.717, 1.165) is 11.1 Å². The number of methoxy groups -OCH3 is 2. The molecular formula is C17H19NO4. The second-order valence-corrected chi connectivity index (χ2v) is 4.90. The number of aromatic hydroxyl groups is 1. The lowest BCUT2D eigenvalue weighted by molar-refractivity contribution is -0.115. The van der Waals surface area contributed by atoms with Crippen molar-refractivity contribution in [1.29, 1.82) is 0 Å². The summed E-state index contributed by atoms with van der Waals surface area (Å²) < 4.78 is 10.4. The van der Waals surface area contributed by atoms with Gasteiger partial charge in [-0.3, -0.25) is 4.79 Å². The quantitative estimate of drug-likeness (QED) is 0.833. The Morgan fingerprint density at radius 1 is 1.14 bits per heavy atom. The molecular weight excluding hydrogens is 282 g/mol. The summed E-state index contributed by atoms with van der Waals surface area (Å²) >= 11 is 0. The molecule has 1 amide bonds. The highest BCUT2D eigenvalue weighted by Crippen LogP contribution is 2.26. The second-order valence-electron chi connectivity index (χ2n) is 4.90. The van der Waals surface area contributed by atoms with Crippen LogP contribution in [0.1, 0.15) is 11.1 Å². The van der Waals surface area contributed by atoms with E-state index in [1.807, 2.05) is 6.92 Å². The van der Waals surface area contributed by atoms with E-state index < -0.39 is 0 Å². The molecule has 0 saturated carbocycles. The standard InChI is InChI=1S/C17H19NO4/c1-11-8-13(19)5-7-15(11)18-17(20)9-12-4-6-14(21-2)10-16(12)22-3/h4-8,10,19H,9H2,1-3H3,(H,18,20). The average Bonchev–Trinajstić information content (AvgIpc) is 2.50. The molecule has 0 aliphatic heterocycles. The summed E-state index contributed by atoms with van der Waals surface area (Å²) in [6, 6.07) is 10.2. The van der Waals surface area contributed by atoms with Crippen LogP contribution in [0, 0.1) is 6.92 Å². The largest absolute Gasteiger partial charge is 0.508 e. The molecule has 2 rings (SSSR count). The van der Waals surface area contributed by atoms with Crippen molar-refractivity contribution in [2.75, 3.05) is 19.5 Å². The number of aryl methyl sites for hydroxylation is 1. The van der Waals surface area contributed by atoms with Gasteiger partial charge in [-0.15, -0.1) is 0 Å². The van der Waals surface area contributed by atoms with Crippen LogP contribution >= 0.6 is 0 Å². The van der Waals surface area contributed by atoms with E-state index in [1.165, 1.54) is 6.07 Å². The Balaban J connectivity index is 2.12.